The van der Waals surface area contributed by atoms with Gasteiger partial charge in [0.25, 0.3) is 5.91 Å². The molecule has 1 fully saturated rings. The predicted octanol–water partition coefficient (Wildman–Crippen LogP) is 0.947. The standard InChI is InChI=1S/C16H22N2O6S/c1-10(15(19)18-11-5-3-4-6-11)24-16(20)13-9-12(25(17,21)22)7-8-14(13)23-2/h7-11H,3-6H2,1-2H3,(H,18,19)(H2,17,21,22). The lowest BCUT2D eigenvalue weighted by molar-refractivity contribution is -0.129. The average molecular weight is 370 g/mol. The van der Waals surface area contributed by atoms with Crippen LogP contribution in [0.2, 0.25) is 0 Å². The number of hydrogen-bond donors (Lipinski definition) is 2. The number of sulfonamides is 1. The van der Waals surface area contributed by atoms with E-state index in [0.29, 0.717) is 0 Å². The molecule has 8 nitrogen and oxygen atoms in total. The van der Waals surface area contributed by atoms with Gasteiger partial charge in [0.2, 0.25) is 10.0 Å². The normalized spacial score (nSPS) is 16.3. The molecular formula is C16H22N2O6S. The fraction of sp³-hybridized carbons (Fsp3) is 0.500. The van der Waals surface area contributed by atoms with Gasteiger partial charge in [-0.2, -0.15) is 0 Å². The summed E-state index contributed by atoms with van der Waals surface area (Å²) in [5.41, 5.74) is -0.116. The maximum atomic E-state index is 12.3. The number of benzene rings is 1. The number of methoxy groups -OCH3 is 1. The minimum Gasteiger partial charge on any atom is -0.496 e. The summed E-state index contributed by atoms with van der Waals surface area (Å²) in [4.78, 5) is 24.2. The van der Waals surface area contributed by atoms with E-state index in [4.69, 9.17) is 14.6 Å². The zero-order valence-corrected chi connectivity index (χ0v) is 15.0. The third-order valence-corrected chi connectivity index (χ3v) is 4.98. The van der Waals surface area contributed by atoms with Crippen molar-refractivity contribution in [2.24, 2.45) is 5.14 Å². The molecule has 138 valence electrons. The highest BCUT2D eigenvalue weighted by Gasteiger charge is 2.25. The van der Waals surface area contributed by atoms with Crippen LogP contribution in [0.5, 0.6) is 5.75 Å². The number of ether oxygens (including phenoxy) is 2. The largest absolute Gasteiger partial charge is 0.496 e. The SMILES string of the molecule is COc1ccc(S(N)(=O)=O)cc1C(=O)OC(C)C(=O)NC1CCCC1. The van der Waals surface area contributed by atoms with Crippen LogP contribution in [0.3, 0.4) is 0 Å². The smallest absolute Gasteiger partial charge is 0.342 e. The molecule has 0 saturated heterocycles. The van der Waals surface area contributed by atoms with Crippen molar-refractivity contribution in [2.45, 2.75) is 49.6 Å². The van der Waals surface area contributed by atoms with Gasteiger partial charge >= 0.3 is 5.97 Å². The van der Waals surface area contributed by atoms with Crippen molar-refractivity contribution in [3.63, 3.8) is 0 Å². The molecule has 0 aromatic heterocycles. The molecule has 0 spiro atoms. The first-order valence-electron chi connectivity index (χ1n) is 7.94. The van der Waals surface area contributed by atoms with E-state index in [1.165, 1.54) is 26.2 Å². The number of primary sulfonamides is 1. The maximum absolute atomic E-state index is 12.3. The molecule has 2 rings (SSSR count). The van der Waals surface area contributed by atoms with Gasteiger partial charge in [-0.25, -0.2) is 18.4 Å². The van der Waals surface area contributed by atoms with Crippen molar-refractivity contribution in [3.8, 4) is 5.75 Å². The summed E-state index contributed by atoms with van der Waals surface area (Å²) in [7, 11) is -2.65. The molecule has 1 aromatic carbocycles. The minimum atomic E-state index is -3.99. The molecule has 1 amide bonds. The first kappa shape index (κ1) is 19.2. The highest BCUT2D eigenvalue weighted by molar-refractivity contribution is 7.89. The zero-order chi connectivity index (χ0) is 18.6. The fourth-order valence-corrected chi connectivity index (χ4v) is 3.23. The Morgan fingerprint density at radius 3 is 2.48 bits per heavy atom. The molecule has 1 aliphatic carbocycles. The van der Waals surface area contributed by atoms with E-state index in [1.54, 1.807) is 0 Å². The lowest BCUT2D eigenvalue weighted by atomic mass is 10.2. The van der Waals surface area contributed by atoms with E-state index in [0.717, 1.165) is 31.7 Å². The number of carbonyl (C=O) groups excluding carboxylic acids is 2. The van der Waals surface area contributed by atoms with E-state index >= 15 is 0 Å². The zero-order valence-electron chi connectivity index (χ0n) is 14.2. The topological polar surface area (TPSA) is 125 Å². The molecule has 25 heavy (non-hydrogen) atoms. The monoisotopic (exact) mass is 370 g/mol. The minimum absolute atomic E-state index is 0.105. The summed E-state index contributed by atoms with van der Waals surface area (Å²) in [6.07, 6.45) is 2.94. The Balaban J connectivity index is 2.12. The first-order valence-corrected chi connectivity index (χ1v) is 9.49. The molecule has 0 aliphatic heterocycles. The van der Waals surface area contributed by atoms with E-state index in [2.05, 4.69) is 5.32 Å². The molecule has 0 heterocycles. The highest BCUT2D eigenvalue weighted by Crippen LogP contribution is 2.23. The lowest BCUT2D eigenvalue weighted by Gasteiger charge is -2.18. The predicted molar refractivity (Wildman–Crippen MR) is 89.6 cm³/mol. The molecular weight excluding hydrogens is 348 g/mol. The van der Waals surface area contributed by atoms with Gasteiger partial charge in [0.15, 0.2) is 6.10 Å². The number of amides is 1. The maximum Gasteiger partial charge on any atom is 0.342 e. The van der Waals surface area contributed by atoms with Crippen LogP contribution in [0.15, 0.2) is 23.1 Å². The Morgan fingerprint density at radius 2 is 1.92 bits per heavy atom. The van der Waals surface area contributed by atoms with E-state index in [-0.39, 0.29) is 28.2 Å². The van der Waals surface area contributed by atoms with Gasteiger partial charge in [0.1, 0.15) is 11.3 Å². The fourth-order valence-electron chi connectivity index (χ4n) is 2.69. The van der Waals surface area contributed by atoms with E-state index < -0.39 is 22.1 Å². The molecule has 9 heteroatoms. The Morgan fingerprint density at radius 1 is 1.28 bits per heavy atom. The summed E-state index contributed by atoms with van der Waals surface area (Å²) in [6, 6.07) is 3.70. The Hall–Kier alpha value is -2.13. The van der Waals surface area contributed by atoms with Crippen LogP contribution in [0, 0.1) is 0 Å². The number of rotatable bonds is 6. The Bertz CT molecular complexity index is 756. The second kappa shape index (κ2) is 7.83. The van der Waals surface area contributed by atoms with Crippen LogP contribution in [-0.4, -0.2) is 39.5 Å². The van der Waals surface area contributed by atoms with Crippen LogP contribution in [0.25, 0.3) is 0 Å². The Kier molecular flexibility index (Phi) is 6.02. The summed E-state index contributed by atoms with van der Waals surface area (Å²) < 4.78 is 33.1. The van der Waals surface area contributed by atoms with Crippen molar-refractivity contribution >= 4 is 21.9 Å². The van der Waals surface area contributed by atoms with Gasteiger partial charge in [0.05, 0.1) is 12.0 Å². The second-order valence-electron chi connectivity index (χ2n) is 5.94. The van der Waals surface area contributed by atoms with Crippen LogP contribution >= 0.6 is 0 Å². The second-order valence-corrected chi connectivity index (χ2v) is 7.51. The van der Waals surface area contributed by atoms with Crippen LogP contribution < -0.4 is 15.2 Å². The van der Waals surface area contributed by atoms with Gasteiger partial charge in [-0.15, -0.1) is 0 Å². The highest BCUT2D eigenvalue weighted by atomic mass is 32.2. The molecule has 1 aromatic rings. The van der Waals surface area contributed by atoms with Gasteiger partial charge in [-0.05, 0) is 38.0 Å². The van der Waals surface area contributed by atoms with Crippen molar-refractivity contribution in [1.82, 2.24) is 5.32 Å². The summed E-state index contributed by atoms with van der Waals surface area (Å²) >= 11 is 0. The van der Waals surface area contributed by atoms with Crippen LogP contribution in [-0.2, 0) is 19.6 Å². The first-order chi connectivity index (χ1) is 11.7. The third kappa shape index (κ3) is 4.93. The molecule has 0 bridgehead atoms. The van der Waals surface area contributed by atoms with Crippen molar-refractivity contribution < 1.29 is 27.5 Å². The Labute approximate surface area is 146 Å². The van der Waals surface area contributed by atoms with Crippen LogP contribution in [0.4, 0.5) is 0 Å². The van der Waals surface area contributed by atoms with Crippen molar-refractivity contribution in [1.29, 1.82) is 0 Å². The summed E-state index contributed by atoms with van der Waals surface area (Å²) in [5.74, 6) is -1.13. The number of esters is 1. The van der Waals surface area contributed by atoms with Gasteiger partial charge in [0, 0.05) is 6.04 Å². The van der Waals surface area contributed by atoms with Gasteiger partial charge in [-0.1, -0.05) is 12.8 Å². The van der Waals surface area contributed by atoms with Crippen molar-refractivity contribution in [3.05, 3.63) is 23.8 Å². The van der Waals surface area contributed by atoms with Crippen LogP contribution in [0.1, 0.15) is 43.0 Å². The lowest BCUT2D eigenvalue weighted by Crippen LogP contribution is -2.40. The average Bonchev–Trinajstić information content (AvgIpc) is 3.06. The molecule has 1 atom stereocenters. The molecule has 1 saturated carbocycles. The quantitative estimate of drug-likeness (QED) is 0.718. The molecule has 3 N–H and O–H groups in total. The van der Waals surface area contributed by atoms with Crippen molar-refractivity contribution in [2.75, 3.05) is 7.11 Å². The number of carbonyl (C=O) groups is 2. The number of nitrogens with two attached hydrogens (primary N) is 1. The van der Waals surface area contributed by atoms with E-state index in [1.807, 2.05) is 0 Å². The van der Waals surface area contributed by atoms with Gasteiger partial charge < -0.3 is 14.8 Å². The molecule has 1 unspecified atom stereocenters. The summed E-state index contributed by atoms with van der Waals surface area (Å²) in [6.45, 7) is 1.46. The molecule has 0 radical (unpaired) electrons. The van der Waals surface area contributed by atoms with Gasteiger partial charge in [-0.3, -0.25) is 4.79 Å². The molecule has 1 aliphatic rings. The summed E-state index contributed by atoms with van der Waals surface area (Å²) in [5, 5.41) is 7.91. The third-order valence-electron chi connectivity index (χ3n) is 4.07. The number of hydrogen-bond acceptors (Lipinski definition) is 6. The number of nitrogens with one attached hydrogen (secondary N) is 1. The van der Waals surface area contributed by atoms with E-state index in [9.17, 15) is 18.0 Å².